The Morgan fingerprint density at radius 3 is 2.66 bits per heavy atom. The van der Waals surface area contributed by atoms with Gasteiger partial charge in [-0.2, -0.15) is 9.97 Å². The van der Waals surface area contributed by atoms with Crippen LogP contribution in [-0.4, -0.2) is 65.8 Å². The van der Waals surface area contributed by atoms with Gasteiger partial charge in [-0.1, -0.05) is 30.3 Å². The fourth-order valence-electron chi connectivity index (χ4n) is 3.54. The largest absolute Gasteiger partial charge is 0.394 e. The number of hydrogen-bond donors (Lipinski definition) is 5. The molecule has 1 aromatic carbocycles. The summed E-state index contributed by atoms with van der Waals surface area (Å²) < 4.78 is 7.07. The molecule has 10 nitrogen and oxygen atoms in total. The van der Waals surface area contributed by atoms with E-state index in [2.05, 4.69) is 20.3 Å². The van der Waals surface area contributed by atoms with Gasteiger partial charge < -0.3 is 31.1 Å². The lowest BCUT2D eigenvalue weighted by atomic mass is 10.1. The van der Waals surface area contributed by atoms with Gasteiger partial charge in [0.05, 0.1) is 12.9 Å². The molecule has 2 aromatic heterocycles. The van der Waals surface area contributed by atoms with Crippen LogP contribution in [0.25, 0.3) is 11.2 Å². The van der Waals surface area contributed by atoms with Crippen molar-refractivity contribution in [3.05, 3.63) is 42.2 Å². The van der Waals surface area contributed by atoms with Crippen molar-refractivity contribution in [3.63, 3.8) is 0 Å². The van der Waals surface area contributed by atoms with Crippen molar-refractivity contribution in [1.29, 1.82) is 0 Å². The average Bonchev–Trinajstić information content (AvgIpc) is 3.24. The van der Waals surface area contributed by atoms with Crippen molar-refractivity contribution in [2.75, 3.05) is 17.7 Å². The van der Waals surface area contributed by atoms with Gasteiger partial charge in [-0.15, -0.1) is 0 Å². The fraction of sp³-hybridized carbons (Fsp3) is 0.421. The van der Waals surface area contributed by atoms with Gasteiger partial charge in [0.2, 0.25) is 5.95 Å². The molecule has 0 amide bonds. The van der Waals surface area contributed by atoms with Crippen LogP contribution < -0.4 is 11.1 Å². The number of nitrogens with two attached hydrogens (primary N) is 1. The minimum atomic E-state index is -1.24. The first-order valence-corrected chi connectivity index (χ1v) is 9.41. The van der Waals surface area contributed by atoms with Crippen molar-refractivity contribution < 1.29 is 20.1 Å². The Labute approximate surface area is 167 Å². The number of fused-ring (bicyclic) bond motifs is 1. The number of aromatic nitrogens is 4. The van der Waals surface area contributed by atoms with Crippen LogP contribution in [0.1, 0.15) is 18.7 Å². The van der Waals surface area contributed by atoms with Gasteiger partial charge in [0.25, 0.3) is 0 Å². The van der Waals surface area contributed by atoms with Gasteiger partial charge >= 0.3 is 0 Å². The molecule has 0 aliphatic carbocycles. The summed E-state index contributed by atoms with van der Waals surface area (Å²) >= 11 is 0. The van der Waals surface area contributed by atoms with Crippen LogP contribution in [0.5, 0.6) is 0 Å². The maximum absolute atomic E-state index is 10.3. The Morgan fingerprint density at radius 1 is 1.21 bits per heavy atom. The Balaban J connectivity index is 1.60. The molecule has 1 aliphatic heterocycles. The zero-order valence-electron chi connectivity index (χ0n) is 15.9. The summed E-state index contributed by atoms with van der Waals surface area (Å²) in [5.41, 5.74) is 7.96. The SMILES string of the molecule is C[C@@H](Cc1ccccc1)Nc1nc(N)c2ncn([C@@H]3O[C@H](CO)[C@@H](O)[C@H]3O)c2n1. The van der Waals surface area contributed by atoms with Crippen molar-refractivity contribution in [3.8, 4) is 0 Å². The van der Waals surface area contributed by atoms with Gasteiger partial charge in [-0.05, 0) is 18.9 Å². The summed E-state index contributed by atoms with van der Waals surface area (Å²) in [6, 6.07) is 10.1. The molecule has 0 radical (unpaired) electrons. The number of aliphatic hydroxyl groups excluding tert-OH is 3. The highest BCUT2D eigenvalue weighted by Crippen LogP contribution is 2.32. The summed E-state index contributed by atoms with van der Waals surface area (Å²) in [5.74, 6) is 0.516. The molecule has 0 spiro atoms. The second-order valence-corrected chi connectivity index (χ2v) is 7.22. The van der Waals surface area contributed by atoms with E-state index in [9.17, 15) is 15.3 Å². The van der Waals surface area contributed by atoms with Crippen LogP contribution in [0.3, 0.4) is 0 Å². The van der Waals surface area contributed by atoms with Crippen molar-refractivity contribution in [2.24, 2.45) is 0 Å². The second-order valence-electron chi connectivity index (χ2n) is 7.22. The van der Waals surface area contributed by atoms with E-state index < -0.39 is 31.1 Å². The lowest BCUT2D eigenvalue weighted by molar-refractivity contribution is -0.0511. The zero-order chi connectivity index (χ0) is 20.5. The number of nitrogens with one attached hydrogen (secondary N) is 1. The molecule has 0 unspecified atom stereocenters. The third kappa shape index (κ3) is 3.75. The molecule has 3 heterocycles. The number of aliphatic hydroxyl groups is 3. The molecule has 0 saturated carbocycles. The molecule has 4 rings (SSSR count). The monoisotopic (exact) mass is 400 g/mol. The first kappa shape index (κ1) is 19.5. The van der Waals surface area contributed by atoms with E-state index in [0.29, 0.717) is 17.1 Å². The molecule has 6 N–H and O–H groups in total. The van der Waals surface area contributed by atoms with Crippen LogP contribution in [0.2, 0.25) is 0 Å². The molecule has 1 aliphatic rings. The molecular weight excluding hydrogens is 376 g/mol. The third-order valence-electron chi connectivity index (χ3n) is 5.00. The number of rotatable bonds is 6. The first-order valence-electron chi connectivity index (χ1n) is 9.41. The minimum Gasteiger partial charge on any atom is -0.394 e. The van der Waals surface area contributed by atoms with E-state index in [0.717, 1.165) is 6.42 Å². The maximum Gasteiger partial charge on any atom is 0.226 e. The molecular formula is C19H24N6O4. The maximum atomic E-state index is 10.3. The smallest absolute Gasteiger partial charge is 0.226 e. The van der Waals surface area contributed by atoms with E-state index in [-0.39, 0.29) is 11.9 Å². The fourth-order valence-corrected chi connectivity index (χ4v) is 3.54. The quantitative estimate of drug-likeness (QED) is 0.387. The lowest BCUT2D eigenvalue weighted by Gasteiger charge is -2.18. The summed E-state index contributed by atoms with van der Waals surface area (Å²) in [6.45, 7) is 1.60. The standard InChI is InChI=1S/C19H24N6O4/c1-10(7-11-5-3-2-4-6-11)22-19-23-16(20)13-17(24-19)25(9-21-13)18-15(28)14(27)12(8-26)29-18/h2-6,9-10,12,14-15,18,26-28H,7-8H2,1H3,(H3,20,22,23,24)/t10-,12+,14+,15+,18+/m0/s1. The van der Waals surface area contributed by atoms with E-state index >= 15 is 0 Å². The normalized spacial score (nSPS) is 25.4. The number of nitrogen functional groups attached to an aromatic ring is 1. The predicted octanol–water partition coefficient (Wildman–Crippen LogP) is 0.0631. The number of hydrogen-bond acceptors (Lipinski definition) is 9. The molecule has 154 valence electrons. The summed E-state index contributed by atoms with van der Waals surface area (Å²) in [5, 5.41) is 32.9. The van der Waals surface area contributed by atoms with E-state index in [4.69, 9.17) is 10.5 Å². The highest BCUT2D eigenvalue weighted by atomic mass is 16.6. The molecule has 1 fully saturated rings. The number of nitrogens with zero attached hydrogens (tertiary/aromatic N) is 4. The molecule has 1 saturated heterocycles. The first-order chi connectivity index (χ1) is 14.0. The summed E-state index contributed by atoms with van der Waals surface area (Å²) in [6.07, 6.45) is -2.10. The van der Waals surface area contributed by atoms with Crippen LogP contribution in [-0.2, 0) is 11.2 Å². The van der Waals surface area contributed by atoms with Gasteiger partial charge in [0, 0.05) is 6.04 Å². The number of ether oxygens (including phenoxy) is 1. The molecule has 29 heavy (non-hydrogen) atoms. The van der Waals surface area contributed by atoms with Gasteiger partial charge in [0.1, 0.15) is 23.8 Å². The third-order valence-corrected chi connectivity index (χ3v) is 5.00. The highest BCUT2D eigenvalue weighted by molar-refractivity contribution is 5.83. The molecule has 10 heteroatoms. The lowest BCUT2D eigenvalue weighted by Crippen LogP contribution is -2.33. The van der Waals surface area contributed by atoms with Gasteiger partial charge in [-0.3, -0.25) is 4.57 Å². The van der Waals surface area contributed by atoms with Gasteiger partial charge in [0.15, 0.2) is 17.7 Å². The Morgan fingerprint density at radius 2 is 1.97 bits per heavy atom. The van der Waals surface area contributed by atoms with Crippen LogP contribution >= 0.6 is 0 Å². The van der Waals surface area contributed by atoms with E-state index in [1.807, 2.05) is 37.3 Å². The number of imidazole rings is 1. The van der Waals surface area contributed by atoms with Crippen LogP contribution in [0.4, 0.5) is 11.8 Å². The molecule has 0 bridgehead atoms. The molecule has 5 atom stereocenters. The summed E-state index contributed by atoms with van der Waals surface area (Å²) in [4.78, 5) is 13.0. The van der Waals surface area contributed by atoms with Crippen molar-refractivity contribution in [1.82, 2.24) is 19.5 Å². The van der Waals surface area contributed by atoms with Crippen molar-refractivity contribution in [2.45, 2.75) is 43.9 Å². The van der Waals surface area contributed by atoms with Crippen molar-refractivity contribution >= 4 is 22.9 Å². The second kappa shape index (κ2) is 7.91. The Bertz CT molecular complexity index is 981. The van der Waals surface area contributed by atoms with Crippen LogP contribution in [0.15, 0.2) is 36.7 Å². The number of benzene rings is 1. The van der Waals surface area contributed by atoms with Gasteiger partial charge in [-0.25, -0.2) is 4.98 Å². The average molecular weight is 400 g/mol. The zero-order valence-corrected chi connectivity index (χ0v) is 15.9. The minimum absolute atomic E-state index is 0.0412. The number of anilines is 2. The predicted molar refractivity (Wildman–Crippen MR) is 106 cm³/mol. The van der Waals surface area contributed by atoms with E-state index in [1.165, 1.54) is 16.5 Å². The topological polar surface area (TPSA) is 152 Å². The molecule has 3 aromatic rings. The van der Waals surface area contributed by atoms with Crippen LogP contribution in [0, 0.1) is 0 Å². The summed E-state index contributed by atoms with van der Waals surface area (Å²) in [7, 11) is 0. The van der Waals surface area contributed by atoms with E-state index in [1.54, 1.807) is 0 Å². The Kier molecular flexibility index (Phi) is 5.33. The highest BCUT2D eigenvalue weighted by Gasteiger charge is 2.44. The Hall–Kier alpha value is -2.79.